The Labute approximate surface area is 187 Å². The van der Waals surface area contributed by atoms with Crippen molar-refractivity contribution in [2.75, 3.05) is 26.7 Å². The van der Waals surface area contributed by atoms with Gasteiger partial charge in [0.05, 0.1) is 0 Å². The normalized spacial score (nSPS) is 16.8. The largest absolute Gasteiger partial charge is 0.444 e. The van der Waals surface area contributed by atoms with Gasteiger partial charge in [-0.25, -0.2) is 4.79 Å². The van der Waals surface area contributed by atoms with Crippen molar-refractivity contribution in [1.29, 1.82) is 0 Å². The van der Waals surface area contributed by atoms with E-state index >= 15 is 0 Å². The number of hydrogen-bond donors (Lipinski definition) is 2. The van der Waals surface area contributed by atoms with Gasteiger partial charge in [0.25, 0.3) is 0 Å². The van der Waals surface area contributed by atoms with Crippen molar-refractivity contribution in [3.63, 3.8) is 0 Å². The Kier molecular flexibility index (Phi) is 10.2. The number of ether oxygens (including phenoxy) is 1. The number of aromatic nitrogens is 1. The number of rotatable bonds is 11. The minimum Gasteiger partial charge on any atom is -0.444 e. The van der Waals surface area contributed by atoms with E-state index < -0.39 is 5.60 Å². The summed E-state index contributed by atoms with van der Waals surface area (Å²) in [7, 11) is 2.18. The van der Waals surface area contributed by atoms with Crippen LogP contribution in [0, 0.1) is 0 Å². The molecule has 1 atom stereocenters. The predicted octanol–water partition coefficient (Wildman–Crippen LogP) is 3.98. The van der Waals surface area contributed by atoms with Crippen LogP contribution in [0.2, 0.25) is 0 Å². The van der Waals surface area contributed by atoms with E-state index in [1.165, 1.54) is 24.0 Å². The molecule has 0 spiro atoms. The summed E-state index contributed by atoms with van der Waals surface area (Å²) in [4.78, 5) is 30.4. The summed E-state index contributed by atoms with van der Waals surface area (Å²) >= 11 is 0. The smallest absolute Gasteiger partial charge is 0.407 e. The molecule has 174 valence electrons. The Bertz CT molecular complexity index is 702. The highest BCUT2D eigenvalue weighted by molar-refractivity contribution is 5.75. The summed E-state index contributed by atoms with van der Waals surface area (Å²) in [6.07, 6.45) is 10.9. The monoisotopic (exact) mass is 432 g/mol. The fraction of sp³-hybridized carbons (Fsp3) is 0.708. The number of likely N-dealkylation sites (tertiary alicyclic amines) is 1. The summed E-state index contributed by atoms with van der Waals surface area (Å²) in [5.74, 6) is 0.0968. The quantitative estimate of drug-likeness (QED) is 0.517. The molecule has 0 bridgehead atoms. The van der Waals surface area contributed by atoms with Gasteiger partial charge in [-0.1, -0.05) is 12.5 Å². The molecule has 7 heteroatoms. The molecule has 1 aromatic heterocycles. The van der Waals surface area contributed by atoms with E-state index in [0.717, 1.165) is 38.6 Å². The highest BCUT2D eigenvalue weighted by atomic mass is 16.6. The molecule has 1 fully saturated rings. The lowest BCUT2D eigenvalue weighted by atomic mass is 10.0. The predicted molar refractivity (Wildman–Crippen MR) is 123 cm³/mol. The van der Waals surface area contributed by atoms with Crippen molar-refractivity contribution in [1.82, 2.24) is 20.5 Å². The molecule has 1 saturated heterocycles. The summed E-state index contributed by atoms with van der Waals surface area (Å²) < 4.78 is 5.19. The van der Waals surface area contributed by atoms with E-state index in [1.807, 2.05) is 33.2 Å². The zero-order valence-electron chi connectivity index (χ0n) is 19.7. The lowest BCUT2D eigenvalue weighted by Gasteiger charge is -2.19. The number of pyridine rings is 1. The first kappa shape index (κ1) is 25.1. The molecule has 7 nitrogen and oxygen atoms in total. The van der Waals surface area contributed by atoms with Crippen LogP contribution in [0.25, 0.3) is 0 Å². The standard InChI is InChI=1S/C24H40N4O3/c1-24(2,3)31-23(30)27-13-7-5-6-12-22(29)26-14-8-10-19-16-20(18-25-17-19)21-11-9-15-28(21)4/h16-18,21H,5-15H2,1-4H3,(H,26,29)(H,27,30)/t21-/m0/s1. The third-order valence-corrected chi connectivity index (χ3v) is 5.43. The minimum atomic E-state index is -0.478. The van der Waals surface area contributed by atoms with Gasteiger partial charge in [0.15, 0.2) is 0 Å². The van der Waals surface area contributed by atoms with Crippen molar-refractivity contribution in [3.05, 3.63) is 29.6 Å². The number of aryl methyl sites for hydroxylation is 1. The van der Waals surface area contributed by atoms with E-state index in [4.69, 9.17) is 4.74 Å². The maximum Gasteiger partial charge on any atom is 0.407 e. The van der Waals surface area contributed by atoms with Crippen LogP contribution in [0.1, 0.15) is 82.9 Å². The SMILES string of the molecule is CN1CCC[C@H]1c1cncc(CCCNC(=O)CCCCCNC(=O)OC(C)(C)C)c1. The molecule has 2 rings (SSSR count). The molecule has 0 aliphatic carbocycles. The number of hydrogen-bond acceptors (Lipinski definition) is 5. The van der Waals surface area contributed by atoms with Gasteiger partial charge in [0, 0.05) is 37.9 Å². The van der Waals surface area contributed by atoms with Gasteiger partial charge in [-0.15, -0.1) is 0 Å². The van der Waals surface area contributed by atoms with E-state index in [9.17, 15) is 9.59 Å². The summed E-state index contributed by atoms with van der Waals surface area (Å²) in [5, 5.41) is 5.75. The van der Waals surface area contributed by atoms with Gasteiger partial charge in [-0.2, -0.15) is 0 Å². The number of nitrogens with zero attached hydrogens (tertiary/aromatic N) is 2. The number of carbonyl (C=O) groups is 2. The molecule has 0 saturated carbocycles. The number of nitrogens with one attached hydrogen (secondary N) is 2. The summed E-state index contributed by atoms with van der Waals surface area (Å²) in [6.45, 7) is 7.94. The zero-order chi connectivity index (χ0) is 22.7. The second-order valence-electron chi connectivity index (χ2n) is 9.46. The highest BCUT2D eigenvalue weighted by Gasteiger charge is 2.22. The van der Waals surface area contributed by atoms with Crippen LogP contribution in [0.3, 0.4) is 0 Å². The Morgan fingerprint density at radius 3 is 2.61 bits per heavy atom. The first-order chi connectivity index (χ1) is 14.7. The van der Waals surface area contributed by atoms with Gasteiger partial charge in [-0.3, -0.25) is 14.7 Å². The maximum absolute atomic E-state index is 12.0. The molecule has 2 amide bonds. The van der Waals surface area contributed by atoms with Crippen LogP contribution in [-0.2, 0) is 16.0 Å². The van der Waals surface area contributed by atoms with Gasteiger partial charge in [-0.05, 0) is 84.0 Å². The Morgan fingerprint density at radius 2 is 1.90 bits per heavy atom. The first-order valence-corrected chi connectivity index (χ1v) is 11.6. The fourth-order valence-electron chi connectivity index (χ4n) is 3.86. The molecule has 0 unspecified atom stereocenters. The fourth-order valence-corrected chi connectivity index (χ4v) is 3.86. The lowest BCUT2D eigenvalue weighted by molar-refractivity contribution is -0.121. The second kappa shape index (κ2) is 12.6. The lowest BCUT2D eigenvalue weighted by Crippen LogP contribution is -2.33. The summed E-state index contributed by atoms with van der Waals surface area (Å²) in [6, 6.07) is 2.76. The molecule has 1 aliphatic rings. The zero-order valence-corrected chi connectivity index (χ0v) is 19.7. The summed E-state index contributed by atoms with van der Waals surface area (Å²) in [5.41, 5.74) is 2.07. The van der Waals surface area contributed by atoms with E-state index in [-0.39, 0.29) is 12.0 Å². The van der Waals surface area contributed by atoms with Gasteiger partial charge in [0.1, 0.15) is 5.60 Å². The molecule has 1 aliphatic heterocycles. The molecule has 31 heavy (non-hydrogen) atoms. The number of amides is 2. The minimum absolute atomic E-state index is 0.0968. The third kappa shape index (κ3) is 10.1. The van der Waals surface area contributed by atoms with Crippen LogP contribution < -0.4 is 10.6 Å². The van der Waals surface area contributed by atoms with Crippen LogP contribution >= 0.6 is 0 Å². The van der Waals surface area contributed by atoms with Crippen LogP contribution in [0.15, 0.2) is 18.5 Å². The topological polar surface area (TPSA) is 83.6 Å². The Morgan fingerprint density at radius 1 is 1.13 bits per heavy atom. The average molecular weight is 433 g/mol. The Hall–Kier alpha value is -2.15. The van der Waals surface area contributed by atoms with Gasteiger partial charge >= 0.3 is 6.09 Å². The van der Waals surface area contributed by atoms with E-state index in [0.29, 0.717) is 25.6 Å². The molecular weight excluding hydrogens is 392 g/mol. The van der Waals surface area contributed by atoms with Crippen LogP contribution in [0.5, 0.6) is 0 Å². The molecule has 0 radical (unpaired) electrons. The van der Waals surface area contributed by atoms with Crippen LogP contribution in [0.4, 0.5) is 4.79 Å². The van der Waals surface area contributed by atoms with Gasteiger partial charge < -0.3 is 15.4 Å². The molecule has 0 aromatic carbocycles. The number of carbonyl (C=O) groups excluding carboxylic acids is 2. The molecular formula is C24H40N4O3. The van der Waals surface area contributed by atoms with E-state index in [2.05, 4.69) is 33.6 Å². The number of alkyl carbamates (subject to hydrolysis) is 1. The van der Waals surface area contributed by atoms with Crippen molar-refractivity contribution in [3.8, 4) is 0 Å². The van der Waals surface area contributed by atoms with Crippen LogP contribution in [-0.4, -0.2) is 54.2 Å². The number of unbranched alkanes of at least 4 members (excludes halogenated alkanes) is 2. The van der Waals surface area contributed by atoms with Crippen molar-refractivity contribution in [2.45, 2.75) is 83.8 Å². The van der Waals surface area contributed by atoms with Crippen molar-refractivity contribution >= 4 is 12.0 Å². The van der Waals surface area contributed by atoms with Gasteiger partial charge in [0.2, 0.25) is 5.91 Å². The Balaban J connectivity index is 1.51. The average Bonchev–Trinajstić information content (AvgIpc) is 3.13. The van der Waals surface area contributed by atoms with E-state index in [1.54, 1.807) is 0 Å². The highest BCUT2D eigenvalue weighted by Crippen LogP contribution is 2.30. The molecule has 2 N–H and O–H groups in total. The molecule has 2 heterocycles. The van der Waals surface area contributed by atoms with Crippen molar-refractivity contribution < 1.29 is 14.3 Å². The second-order valence-corrected chi connectivity index (χ2v) is 9.46. The molecule has 1 aromatic rings. The third-order valence-electron chi connectivity index (χ3n) is 5.43. The first-order valence-electron chi connectivity index (χ1n) is 11.6. The van der Waals surface area contributed by atoms with Crippen molar-refractivity contribution in [2.24, 2.45) is 0 Å². The maximum atomic E-state index is 12.0.